The van der Waals surface area contributed by atoms with Crippen LogP contribution in [0.3, 0.4) is 0 Å². The van der Waals surface area contributed by atoms with Crippen LogP contribution >= 0.6 is 0 Å². The van der Waals surface area contributed by atoms with Gasteiger partial charge in [-0.05, 0) is 45.0 Å². The van der Waals surface area contributed by atoms with Crippen LogP contribution in [0.4, 0.5) is 0 Å². The van der Waals surface area contributed by atoms with Gasteiger partial charge in [0, 0.05) is 23.9 Å². The number of nitrogens with zero attached hydrogens (tertiary/aromatic N) is 2. The van der Waals surface area contributed by atoms with Crippen molar-refractivity contribution in [2.24, 2.45) is 7.05 Å². The standard InChI is InChI=1S/C19H23N3O3/c1-5-24-16-6-7-18-14(9-16)8-15(11-25-18)19(23)21-12(2)17-10-20-22(4)13(17)3/h6-10,12H,5,11H2,1-4H3,(H,21,23)/t12-/m0/s1. The summed E-state index contributed by atoms with van der Waals surface area (Å²) in [7, 11) is 1.89. The first-order valence-corrected chi connectivity index (χ1v) is 8.39. The first-order chi connectivity index (χ1) is 12.0. The number of aryl methyl sites for hydroxylation is 1. The summed E-state index contributed by atoms with van der Waals surface area (Å²) in [5, 5.41) is 7.24. The molecule has 1 aliphatic rings. The van der Waals surface area contributed by atoms with Gasteiger partial charge in [-0.1, -0.05) is 0 Å². The number of aromatic nitrogens is 2. The van der Waals surface area contributed by atoms with Gasteiger partial charge in [0.1, 0.15) is 18.1 Å². The van der Waals surface area contributed by atoms with Crippen LogP contribution < -0.4 is 14.8 Å². The summed E-state index contributed by atoms with van der Waals surface area (Å²) in [4.78, 5) is 12.6. The van der Waals surface area contributed by atoms with Crippen LogP contribution in [0.25, 0.3) is 6.08 Å². The van der Waals surface area contributed by atoms with E-state index in [9.17, 15) is 4.79 Å². The summed E-state index contributed by atoms with van der Waals surface area (Å²) in [5.74, 6) is 1.39. The monoisotopic (exact) mass is 341 g/mol. The van der Waals surface area contributed by atoms with E-state index < -0.39 is 0 Å². The van der Waals surface area contributed by atoms with E-state index in [1.54, 1.807) is 10.9 Å². The molecule has 1 atom stereocenters. The van der Waals surface area contributed by atoms with E-state index in [2.05, 4.69) is 10.4 Å². The van der Waals surface area contributed by atoms with Crippen LogP contribution in [-0.4, -0.2) is 28.9 Å². The minimum absolute atomic E-state index is 0.127. The minimum atomic E-state index is -0.136. The van der Waals surface area contributed by atoms with Crippen molar-refractivity contribution in [3.63, 3.8) is 0 Å². The molecule has 1 aromatic heterocycles. The number of hydrogen-bond acceptors (Lipinski definition) is 4. The fourth-order valence-corrected chi connectivity index (χ4v) is 2.85. The molecule has 0 unspecified atom stereocenters. The number of nitrogens with one attached hydrogen (secondary N) is 1. The third kappa shape index (κ3) is 3.52. The second-order valence-electron chi connectivity index (χ2n) is 6.09. The Morgan fingerprint density at radius 3 is 2.96 bits per heavy atom. The molecule has 132 valence electrons. The van der Waals surface area contributed by atoms with Crippen molar-refractivity contribution in [3.8, 4) is 11.5 Å². The minimum Gasteiger partial charge on any atom is -0.494 e. The Labute approximate surface area is 147 Å². The number of rotatable bonds is 5. The van der Waals surface area contributed by atoms with Crippen LogP contribution in [0.1, 0.15) is 36.7 Å². The molecule has 6 nitrogen and oxygen atoms in total. The summed E-state index contributed by atoms with van der Waals surface area (Å²) in [6.45, 7) is 6.73. The van der Waals surface area contributed by atoms with E-state index in [1.165, 1.54) is 0 Å². The maximum Gasteiger partial charge on any atom is 0.251 e. The van der Waals surface area contributed by atoms with E-state index in [4.69, 9.17) is 9.47 Å². The van der Waals surface area contributed by atoms with Gasteiger partial charge in [0.2, 0.25) is 0 Å². The molecule has 2 aromatic rings. The molecule has 1 amide bonds. The lowest BCUT2D eigenvalue weighted by atomic mass is 10.1. The van der Waals surface area contributed by atoms with Gasteiger partial charge in [-0.15, -0.1) is 0 Å². The van der Waals surface area contributed by atoms with Crippen molar-refractivity contribution in [1.82, 2.24) is 15.1 Å². The molecular weight excluding hydrogens is 318 g/mol. The average molecular weight is 341 g/mol. The Hall–Kier alpha value is -2.76. The topological polar surface area (TPSA) is 65.4 Å². The normalized spacial score (nSPS) is 14.2. The fraction of sp³-hybridized carbons (Fsp3) is 0.368. The quantitative estimate of drug-likeness (QED) is 0.908. The molecule has 0 fully saturated rings. The molecule has 25 heavy (non-hydrogen) atoms. The predicted molar refractivity (Wildman–Crippen MR) is 95.6 cm³/mol. The zero-order valence-corrected chi connectivity index (χ0v) is 15.0. The summed E-state index contributed by atoms with van der Waals surface area (Å²) in [5.41, 5.74) is 3.49. The van der Waals surface area contributed by atoms with Crippen LogP contribution in [0.15, 0.2) is 30.0 Å². The molecule has 0 spiro atoms. The van der Waals surface area contributed by atoms with E-state index in [-0.39, 0.29) is 18.6 Å². The van der Waals surface area contributed by atoms with Crippen molar-refractivity contribution in [2.45, 2.75) is 26.8 Å². The Kier molecular flexibility index (Phi) is 4.79. The zero-order chi connectivity index (χ0) is 18.0. The summed E-state index contributed by atoms with van der Waals surface area (Å²) in [6.07, 6.45) is 3.65. The molecule has 6 heteroatoms. The fourth-order valence-electron chi connectivity index (χ4n) is 2.85. The molecule has 2 heterocycles. The summed E-state index contributed by atoms with van der Waals surface area (Å²) in [6, 6.07) is 5.50. The number of amides is 1. The molecule has 1 aromatic carbocycles. The van der Waals surface area contributed by atoms with Crippen molar-refractivity contribution in [1.29, 1.82) is 0 Å². The predicted octanol–water partition coefficient (Wildman–Crippen LogP) is 2.78. The van der Waals surface area contributed by atoms with Crippen LogP contribution in [0.5, 0.6) is 11.5 Å². The van der Waals surface area contributed by atoms with Gasteiger partial charge in [0.05, 0.1) is 24.4 Å². The lowest BCUT2D eigenvalue weighted by Crippen LogP contribution is -2.31. The smallest absolute Gasteiger partial charge is 0.251 e. The molecule has 1 N–H and O–H groups in total. The maximum absolute atomic E-state index is 12.6. The van der Waals surface area contributed by atoms with E-state index in [1.807, 2.05) is 52.1 Å². The summed E-state index contributed by atoms with van der Waals surface area (Å²) < 4.78 is 13.0. The molecule has 0 bridgehead atoms. The van der Waals surface area contributed by atoms with Gasteiger partial charge in [0.25, 0.3) is 5.91 Å². The highest BCUT2D eigenvalue weighted by Gasteiger charge is 2.21. The average Bonchev–Trinajstić information content (AvgIpc) is 2.93. The lowest BCUT2D eigenvalue weighted by molar-refractivity contribution is -0.118. The van der Waals surface area contributed by atoms with E-state index >= 15 is 0 Å². The first-order valence-electron chi connectivity index (χ1n) is 8.39. The van der Waals surface area contributed by atoms with Crippen molar-refractivity contribution in [3.05, 3.63) is 46.8 Å². The van der Waals surface area contributed by atoms with E-state index in [0.717, 1.165) is 28.3 Å². The van der Waals surface area contributed by atoms with Crippen molar-refractivity contribution >= 4 is 12.0 Å². The number of benzene rings is 1. The van der Waals surface area contributed by atoms with Gasteiger partial charge in [-0.2, -0.15) is 5.10 Å². The van der Waals surface area contributed by atoms with Gasteiger partial charge >= 0.3 is 0 Å². The highest BCUT2D eigenvalue weighted by atomic mass is 16.5. The molecule has 0 radical (unpaired) electrons. The Balaban J connectivity index is 1.76. The van der Waals surface area contributed by atoms with Gasteiger partial charge in [0.15, 0.2) is 0 Å². The summed E-state index contributed by atoms with van der Waals surface area (Å²) >= 11 is 0. The van der Waals surface area contributed by atoms with Gasteiger partial charge < -0.3 is 14.8 Å². The van der Waals surface area contributed by atoms with Crippen LogP contribution in [0.2, 0.25) is 0 Å². The van der Waals surface area contributed by atoms with Crippen LogP contribution in [-0.2, 0) is 11.8 Å². The van der Waals surface area contributed by atoms with Crippen molar-refractivity contribution in [2.75, 3.05) is 13.2 Å². The van der Waals surface area contributed by atoms with Crippen molar-refractivity contribution < 1.29 is 14.3 Å². The SMILES string of the molecule is CCOc1ccc2c(c1)C=C(C(=O)N[C@@H](C)c1cnn(C)c1C)CO2. The number of carbonyl (C=O) groups is 1. The van der Waals surface area contributed by atoms with Crippen LogP contribution in [0, 0.1) is 6.92 Å². The molecular formula is C19H23N3O3. The largest absolute Gasteiger partial charge is 0.494 e. The Morgan fingerprint density at radius 2 is 2.28 bits per heavy atom. The molecule has 0 saturated carbocycles. The second-order valence-corrected chi connectivity index (χ2v) is 6.09. The molecule has 1 aliphatic heterocycles. The van der Waals surface area contributed by atoms with E-state index in [0.29, 0.717) is 12.2 Å². The highest BCUT2D eigenvalue weighted by Crippen LogP contribution is 2.30. The highest BCUT2D eigenvalue weighted by molar-refractivity contribution is 5.99. The Morgan fingerprint density at radius 1 is 1.48 bits per heavy atom. The Bertz CT molecular complexity index is 823. The number of ether oxygens (including phenoxy) is 2. The molecule has 3 rings (SSSR count). The lowest BCUT2D eigenvalue weighted by Gasteiger charge is -2.20. The first kappa shape index (κ1) is 17.1. The van der Waals surface area contributed by atoms with Gasteiger partial charge in [-0.3, -0.25) is 9.48 Å². The number of carbonyl (C=O) groups excluding carboxylic acids is 1. The third-order valence-corrected chi connectivity index (χ3v) is 4.38. The maximum atomic E-state index is 12.6. The number of fused-ring (bicyclic) bond motifs is 1. The second kappa shape index (κ2) is 7.01. The van der Waals surface area contributed by atoms with Gasteiger partial charge in [-0.25, -0.2) is 0 Å². The molecule has 0 saturated heterocycles. The number of hydrogen-bond donors (Lipinski definition) is 1. The third-order valence-electron chi connectivity index (χ3n) is 4.38. The molecule has 0 aliphatic carbocycles. The zero-order valence-electron chi connectivity index (χ0n) is 15.0.